The van der Waals surface area contributed by atoms with E-state index < -0.39 is 0 Å². The number of aryl methyl sites for hydroxylation is 2. The van der Waals surface area contributed by atoms with Gasteiger partial charge in [-0.05, 0) is 30.7 Å². The fourth-order valence-electron chi connectivity index (χ4n) is 2.58. The van der Waals surface area contributed by atoms with Crippen LogP contribution in [-0.2, 0) is 7.05 Å². The van der Waals surface area contributed by atoms with Crippen LogP contribution >= 0.6 is 0 Å². The lowest BCUT2D eigenvalue weighted by Gasteiger charge is -2.04. The van der Waals surface area contributed by atoms with Crippen LogP contribution in [-0.4, -0.2) is 29.9 Å². The summed E-state index contributed by atoms with van der Waals surface area (Å²) in [6.45, 7) is 1.85. The second-order valence-electron chi connectivity index (χ2n) is 5.39. The van der Waals surface area contributed by atoms with Gasteiger partial charge in [0.2, 0.25) is 0 Å². The minimum atomic E-state index is -0.266. The maximum absolute atomic E-state index is 13.3. The highest BCUT2D eigenvalue weighted by Crippen LogP contribution is 2.28. The highest BCUT2D eigenvalue weighted by Gasteiger charge is 2.14. The topological polar surface area (TPSA) is 72.3 Å². The molecule has 0 bridgehead atoms. The highest BCUT2D eigenvalue weighted by molar-refractivity contribution is 5.89. The summed E-state index contributed by atoms with van der Waals surface area (Å²) >= 11 is 0. The Morgan fingerprint density at radius 2 is 2.09 bits per heavy atom. The van der Waals surface area contributed by atoms with Crippen LogP contribution < -0.4 is 0 Å². The summed E-state index contributed by atoms with van der Waals surface area (Å²) in [5.74, 6) is -0.266. The number of aromatic amines is 1. The molecule has 3 aromatic heterocycles. The summed E-state index contributed by atoms with van der Waals surface area (Å²) < 4.78 is 15.0. The number of fused-ring (bicyclic) bond motifs is 1. The molecule has 0 atom stereocenters. The van der Waals surface area contributed by atoms with Gasteiger partial charge in [0, 0.05) is 24.4 Å². The molecule has 0 fully saturated rings. The first-order valence-corrected chi connectivity index (χ1v) is 7.08. The molecule has 23 heavy (non-hydrogen) atoms. The molecule has 1 N–H and O–H groups in total. The van der Waals surface area contributed by atoms with Crippen molar-refractivity contribution in [3.8, 4) is 22.5 Å². The molecule has 3 heterocycles. The first-order valence-electron chi connectivity index (χ1n) is 7.08. The Balaban J connectivity index is 1.91. The molecule has 0 aliphatic rings. The van der Waals surface area contributed by atoms with Crippen LogP contribution in [0.1, 0.15) is 5.56 Å². The van der Waals surface area contributed by atoms with Gasteiger partial charge in [0.1, 0.15) is 11.3 Å². The molecule has 0 amide bonds. The van der Waals surface area contributed by atoms with E-state index in [2.05, 4.69) is 25.3 Å². The maximum atomic E-state index is 13.3. The number of hydrogen-bond donors (Lipinski definition) is 1. The molecule has 0 unspecified atom stereocenters. The monoisotopic (exact) mass is 308 g/mol. The lowest BCUT2D eigenvalue weighted by Crippen LogP contribution is -1.90. The minimum Gasteiger partial charge on any atom is -0.275 e. The van der Waals surface area contributed by atoms with Gasteiger partial charge < -0.3 is 0 Å². The molecule has 4 rings (SSSR count). The van der Waals surface area contributed by atoms with Crippen LogP contribution in [0.2, 0.25) is 0 Å². The van der Waals surface area contributed by atoms with E-state index in [0.29, 0.717) is 16.9 Å². The summed E-state index contributed by atoms with van der Waals surface area (Å²) in [7, 11) is 1.85. The molecule has 7 heteroatoms. The number of nitrogens with one attached hydrogen (secondary N) is 1. The van der Waals surface area contributed by atoms with E-state index >= 15 is 0 Å². The first-order chi connectivity index (χ1) is 11.1. The minimum absolute atomic E-state index is 0.266. The van der Waals surface area contributed by atoms with Gasteiger partial charge in [-0.25, -0.2) is 14.4 Å². The largest absolute Gasteiger partial charge is 0.275 e. The van der Waals surface area contributed by atoms with Gasteiger partial charge in [0.15, 0.2) is 5.65 Å². The lowest BCUT2D eigenvalue weighted by molar-refractivity contribution is 0.627. The average Bonchev–Trinajstić information content (AvgIpc) is 3.13. The Bertz CT molecular complexity index is 1020. The molecule has 1 aromatic carbocycles. The van der Waals surface area contributed by atoms with E-state index in [1.807, 2.05) is 20.2 Å². The SMILES string of the molecule is Cc1cc(F)ccc1-c1[nH]nc2ncc(-c3cnn(C)c3)nc12. The number of halogens is 1. The van der Waals surface area contributed by atoms with Crippen LogP contribution in [0.3, 0.4) is 0 Å². The molecule has 4 aromatic rings. The third kappa shape index (κ3) is 2.26. The van der Waals surface area contributed by atoms with Crippen molar-refractivity contribution < 1.29 is 4.39 Å². The average molecular weight is 308 g/mol. The molecule has 114 valence electrons. The quantitative estimate of drug-likeness (QED) is 0.618. The van der Waals surface area contributed by atoms with Crippen LogP contribution in [0.15, 0.2) is 36.8 Å². The Labute approximate surface area is 131 Å². The standard InChI is InChI=1S/C16H13FN6/c1-9-5-11(17)3-4-12(9)14-15-16(22-21-14)18-7-13(20-15)10-6-19-23(2)8-10/h3-8H,1-2H3,(H,18,21,22). The smallest absolute Gasteiger partial charge is 0.200 e. The Morgan fingerprint density at radius 1 is 1.22 bits per heavy atom. The summed E-state index contributed by atoms with van der Waals surface area (Å²) in [5.41, 5.74) is 5.17. The zero-order chi connectivity index (χ0) is 16.0. The van der Waals surface area contributed by atoms with Gasteiger partial charge >= 0.3 is 0 Å². The fourth-order valence-corrected chi connectivity index (χ4v) is 2.58. The van der Waals surface area contributed by atoms with Crippen molar-refractivity contribution in [2.24, 2.45) is 7.05 Å². The maximum Gasteiger partial charge on any atom is 0.200 e. The number of nitrogens with zero attached hydrogens (tertiary/aromatic N) is 5. The van der Waals surface area contributed by atoms with Gasteiger partial charge in [-0.2, -0.15) is 10.2 Å². The molecule has 0 aliphatic carbocycles. The zero-order valence-electron chi connectivity index (χ0n) is 12.6. The van der Waals surface area contributed by atoms with Gasteiger partial charge in [-0.15, -0.1) is 0 Å². The number of H-pyrrole nitrogens is 1. The third-order valence-corrected chi connectivity index (χ3v) is 3.72. The van der Waals surface area contributed by atoms with Gasteiger partial charge in [-0.1, -0.05) is 0 Å². The second-order valence-corrected chi connectivity index (χ2v) is 5.39. The molecule has 6 nitrogen and oxygen atoms in total. The van der Waals surface area contributed by atoms with E-state index in [4.69, 9.17) is 0 Å². The van der Waals surface area contributed by atoms with Crippen molar-refractivity contribution in [2.75, 3.05) is 0 Å². The van der Waals surface area contributed by atoms with Crippen molar-refractivity contribution in [1.82, 2.24) is 29.9 Å². The van der Waals surface area contributed by atoms with E-state index in [0.717, 1.165) is 22.4 Å². The zero-order valence-corrected chi connectivity index (χ0v) is 12.6. The Morgan fingerprint density at radius 3 is 2.83 bits per heavy atom. The lowest BCUT2D eigenvalue weighted by atomic mass is 10.1. The first kappa shape index (κ1) is 13.6. The van der Waals surface area contributed by atoms with Crippen molar-refractivity contribution in [3.63, 3.8) is 0 Å². The third-order valence-electron chi connectivity index (χ3n) is 3.72. The molecule has 0 saturated heterocycles. The van der Waals surface area contributed by atoms with E-state index in [1.54, 1.807) is 23.1 Å². The van der Waals surface area contributed by atoms with Gasteiger partial charge in [0.25, 0.3) is 0 Å². The molecule has 0 saturated carbocycles. The number of benzene rings is 1. The Hall–Kier alpha value is -3.09. The van der Waals surface area contributed by atoms with E-state index in [1.165, 1.54) is 12.1 Å². The number of hydrogen-bond acceptors (Lipinski definition) is 4. The van der Waals surface area contributed by atoms with Crippen molar-refractivity contribution in [1.29, 1.82) is 0 Å². The van der Waals surface area contributed by atoms with E-state index in [-0.39, 0.29) is 5.82 Å². The van der Waals surface area contributed by atoms with Crippen molar-refractivity contribution >= 4 is 11.2 Å². The van der Waals surface area contributed by atoms with Crippen molar-refractivity contribution in [2.45, 2.75) is 6.92 Å². The summed E-state index contributed by atoms with van der Waals surface area (Å²) in [6.07, 6.45) is 5.28. The molecular weight excluding hydrogens is 295 g/mol. The molecule has 0 spiro atoms. The molecule has 0 aliphatic heterocycles. The second kappa shape index (κ2) is 4.98. The highest BCUT2D eigenvalue weighted by atomic mass is 19.1. The van der Waals surface area contributed by atoms with Crippen molar-refractivity contribution in [3.05, 3.63) is 48.2 Å². The number of rotatable bonds is 2. The number of aromatic nitrogens is 6. The van der Waals surface area contributed by atoms with Crippen LogP contribution in [0, 0.1) is 12.7 Å². The van der Waals surface area contributed by atoms with Gasteiger partial charge in [-0.3, -0.25) is 9.78 Å². The Kier molecular flexibility index (Phi) is 2.94. The summed E-state index contributed by atoms with van der Waals surface area (Å²) in [6, 6.07) is 4.63. The summed E-state index contributed by atoms with van der Waals surface area (Å²) in [5, 5.41) is 11.3. The van der Waals surface area contributed by atoms with Gasteiger partial charge in [0.05, 0.1) is 23.8 Å². The van der Waals surface area contributed by atoms with Crippen LogP contribution in [0.5, 0.6) is 0 Å². The predicted octanol–water partition coefficient (Wildman–Crippen LogP) is 2.87. The predicted molar refractivity (Wildman–Crippen MR) is 84.0 cm³/mol. The molecule has 0 radical (unpaired) electrons. The fraction of sp³-hybridized carbons (Fsp3) is 0.125. The normalized spacial score (nSPS) is 11.3. The van der Waals surface area contributed by atoms with E-state index in [9.17, 15) is 4.39 Å². The summed E-state index contributed by atoms with van der Waals surface area (Å²) in [4.78, 5) is 9.00. The molecular formula is C16H13FN6. The van der Waals surface area contributed by atoms with Crippen LogP contribution in [0.25, 0.3) is 33.7 Å². The van der Waals surface area contributed by atoms with Crippen LogP contribution in [0.4, 0.5) is 4.39 Å².